The minimum Gasteiger partial charge on any atom is -0.484 e. The Bertz CT molecular complexity index is 755. The molecule has 1 aromatic heterocycles. The SMILES string of the molecule is Cc1cc2cc(OCC(=O)N[C@@H]3CCCC[C@@H](O)[C@@H]3O)ccc2n1C. The van der Waals surface area contributed by atoms with Crippen LogP contribution in [0.1, 0.15) is 31.4 Å². The van der Waals surface area contributed by atoms with Gasteiger partial charge < -0.3 is 24.8 Å². The number of benzene rings is 1. The number of aryl methyl sites for hydroxylation is 2. The Morgan fingerprint density at radius 2 is 2.04 bits per heavy atom. The summed E-state index contributed by atoms with van der Waals surface area (Å²) in [4.78, 5) is 12.1. The smallest absolute Gasteiger partial charge is 0.258 e. The van der Waals surface area contributed by atoms with Crippen LogP contribution in [0.4, 0.5) is 0 Å². The lowest BCUT2D eigenvalue weighted by Crippen LogP contribution is -2.48. The van der Waals surface area contributed by atoms with Gasteiger partial charge in [-0.1, -0.05) is 12.8 Å². The van der Waals surface area contributed by atoms with Gasteiger partial charge in [0.15, 0.2) is 6.61 Å². The molecule has 6 nitrogen and oxygen atoms in total. The molecule has 1 fully saturated rings. The van der Waals surface area contributed by atoms with E-state index in [1.54, 1.807) is 0 Å². The second-order valence-electron chi connectivity index (χ2n) is 6.87. The van der Waals surface area contributed by atoms with E-state index >= 15 is 0 Å². The molecule has 25 heavy (non-hydrogen) atoms. The quantitative estimate of drug-likeness (QED) is 0.735. The fourth-order valence-electron chi connectivity index (χ4n) is 3.44. The third-order valence-corrected chi connectivity index (χ3v) is 5.04. The molecule has 3 atom stereocenters. The number of hydrogen-bond acceptors (Lipinski definition) is 4. The molecule has 0 spiro atoms. The number of aromatic nitrogens is 1. The van der Waals surface area contributed by atoms with E-state index in [0.29, 0.717) is 18.6 Å². The van der Waals surface area contributed by atoms with Crippen LogP contribution in [0.15, 0.2) is 24.3 Å². The maximum atomic E-state index is 12.1. The highest BCUT2D eigenvalue weighted by atomic mass is 16.5. The number of hydrogen-bond donors (Lipinski definition) is 3. The summed E-state index contributed by atoms with van der Waals surface area (Å²) in [5, 5.41) is 23.8. The maximum Gasteiger partial charge on any atom is 0.258 e. The highest BCUT2D eigenvalue weighted by Gasteiger charge is 2.29. The van der Waals surface area contributed by atoms with Gasteiger partial charge in [0.2, 0.25) is 0 Å². The largest absolute Gasteiger partial charge is 0.484 e. The van der Waals surface area contributed by atoms with Crippen molar-refractivity contribution in [2.45, 2.75) is 50.9 Å². The van der Waals surface area contributed by atoms with Crippen molar-refractivity contribution in [3.05, 3.63) is 30.0 Å². The zero-order valence-electron chi connectivity index (χ0n) is 14.7. The average Bonchev–Trinajstić information content (AvgIpc) is 2.78. The molecule has 1 amide bonds. The molecular formula is C19H26N2O4. The highest BCUT2D eigenvalue weighted by molar-refractivity contribution is 5.83. The Morgan fingerprint density at radius 1 is 1.28 bits per heavy atom. The standard InChI is InChI=1S/C19H26N2O4/c1-12-9-13-10-14(7-8-16(13)21(12)2)25-11-18(23)20-15-5-3-4-6-17(22)19(15)24/h7-10,15,17,19,22,24H,3-6,11H2,1-2H3,(H,20,23)/t15-,17-,19-/m1/s1. The fourth-order valence-corrected chi connectivity index (χ4v) is 3.44. The second kappa shape index (κ2) is 7.45. The van der Waals surface area contributed by atoms with Gasteiger partial charge in [-0.15, -0.1) is 0 Å². The number of fused-ring (bicyclic) bond motifs is 1. The molecular weight excluding hydrogens is 320 g/mol. The van der Waals surface area contributed by atoms with Crippen LogP contribution in [-0.2, 0) is 11.8 Å². The number of aliphatic hydroxyl groups excluding tert-OH is 2. The first-order valence-electron chi connectivity index (χ1n) is 8.80. The Labute approximate surface area is 147 Å². The topological polar surface area (TPSA) is 83.7 Å². The lowest BCUT2D eigenvalue weighted by molar-refractivity contribution is -0.125. The Balaban J connectivity index is 1.58. The summed E-state index contributed by atoms with van der Waals surface area (Å²) in [6, 6.07) is 7.39. The molecule has 1 saturated carbocycles. The van der Waals surface area contributed by atoms with E-state index in [9.17, 15) is 15.0 Å². The first-order valence-corrected chi connectivity index (χ1v) is 8.80. The third-order valence-electron chi connectivity index (χ3n) is 5.04. The summed E-state index contributed by atoms with van der Waals surface area (Å²) >= 11 is 0. The minimum absolute atomic E-state index is 0.114. The molecule has 3 rings (SSSR count). The van der Waals surface area contributed by atoms with Crippen LogP contribution in [-0.4, -0.2) is 45.5 Å². The van der Waals surface area contributed by atoms with Crippen LogP contribution < -0.4 is 10.1 Å². The molecule has 0 saturated heterocycles. The number of rotatable bonds is 4. The highest BCUT2D eigenvalue weighted by Crippen LogP contribution is 2.23. The molecule has 0 unspecified atom stereocenters. The van der Waals surface area contributed by atoms with Crippen molar-refractivity contribution >= 4 is 16.8 Å². The van der Waals surface area contributed by atoms with Crippen LogP contribution in [0, 0.1) is 6.92 Å². The van der Waals surface area contributed by atoms with E-state index in [4.69, 9.17) is 4.74 Å². The number of carbonyl (C=O) groups is 1. The van der Waals surface area contributed by atoms with Gasteiger partial charge in [-0.2, -0.15) is 0 Å². The zero-order chi connectivity index (χ0) is 18.0. The predicted molar refractivity (Wildman–Crippen MR) is 95.6 cm³/mol. The molecule has 0 radical (unpaired) electrons. The van der Waals surface area contributed by atoms with Crippen LogP contribution in [0.3, 0.4) is 0 Å². The predicted octanol–water partition coefficient (Wildman–Crippen LogP) is 1.65. The van der Waals surface area contributed by atoms with E-state index in [1.165, 1.54) is 0 Å². The number of ether oxygens (including phenoxy) is 1. The lowest BCUT2D eigenvalue weighted by Gasteiger charge is -2.24. The lowest BCUT2D eigenvalue weighted by atomic mass is 10.0. The first kappa shape index (κ1) is 17.8. The molecule has 3 N–H and O–H groups in total. The van der Waals surface area contributed by atoms with Crippen molar-refractivity contribution < 1.29 is 19.7 Å². The summed E-state index contributed by atoms with van der Waals surface area (Å²) in [6.45, 7) is 1.93. The molecule has 0 aliphatic heterocycles. The molecule has 1 aliphatic rings. The third kappa shape index (κ3) is 3.96. The van der Waals surface area contributed by atoms with Gasteiger partial charge >= 0.3 is 0 Å². The van der Waals surface area contributed by atoms with E-state index in [1.807, 2.05) is 32.2 Å². The Hall–Kier alpha value is -2.05. The van der Waals surface area contributed by atoms with Crippen LogP contribution in [0.5, 0.6) is 5.75 Å². The molecule has 1 aliphatic carbocycles. The van der Waals surface area contributed by atoms with Crippen LogP contribution in [0.2, 0.25) is 0 Å². The Kier molecular flexibility index (Phi) is 5.30. The van der Waals surface area contributed by atoms with E-state index in [2.05, 4.69) is 16.0 Å². The summed E-state index contributed by atoms with van der Waals surface area (Å²) in [5.41, 5.74) is 2.27. The van der Waals surface area contributed by atoms with Gasteiger partial charge in [0.25, 0.3) is 5.91 Å². The van der Waals surface area contributed by atoms with E-state index in [-0.39, 0.29) is 12.5 Å². The Morgan fingerprint density at radius 3 is 2.84 bits per heavy atom. The molecule has 1 aromatic carbocycles. The molecule has 0 bridgehead atoms. The monoisotopic (exact) mass is 346 g/mol. The molecule has 6 heteroatoms. The van der Waals surface area contributed by atoms with Crippen LogP contribution >= 0.6 is 0 Å². The zero-order valence-corrected chi connectivity index (χ0v) is 14.7. The molecule has 2 aromatic rings. The van der Waals surface area contributed by atoms with E-state index < -0.39 is 18.2 Å². The van der Waals surface area contributed by atoms with Gasteiger partial charge in [0.05, 0.1) is 18.2 Å². The minimum atomic E-state index is -0.921. The van der Waals surface area contributed by atoms with Crippen molar-refractivity contribution in [1.29, 1.82) is 0 Å². The summed E-state index contributed by atoms with van der Waals surface area (Å²) in [7, 11) is 2.01. The normalized spacial score (nSPS) is 24.1. The van der Waals surface area contributed by atoms with Crippen molar-refractivity contribution in [1.82, 2.24) is 9.88 Å². The summed E-state index contributed by atoms with van der Waals surface area (Å²) in [5.74, 6) is 0.345. The number of carbonyl (C=O) groups excluding carboxylic acids is 1. The van der Waals surface area contributed by atoms with Crippen molar-refractivity contribution in [2.75, 3.05) is 6.61 Å². The van der Waals surface area contributed by atoms with Crippen molar-refractivity contribution in [2.24, 2.45) is 7.05 Å². The average molecular weight is 346 g/mol. The fraction of sp³-hybridized carbons (Fsp3) is 0.526. The summed E-state index contributed by atoms with van der Waals surface area (Å²) in [6.07, 6.45) is 1.27. The first-order chi connectivity index (χ1) is 12.0. The molecule has 1 heterocycles. The number of nitrogens with one attached hydrogen (secondary N) is 1. The van der Waals surface area contributed by atoms with Gasteiger partial charge in [-0.05, 0) is 44.0 Å². The van der Waals surface area contributed by atoms with Gasteiger partial charge in [0.1, 0.15) is 5.75 Å². The van der Waals surface area contributed by atoms with Crippen molar-refractivity contribution in [3.63, 3.8) is 0 Å². The van der Waals surface area contributed by atoms with E-state index in [0.717, 1.165) is 29.4 Å². The van der Waals surface area contributed by atoms with Gasteiger partial charge in [0, 0.05) is 23.6 Å². The number of amides is 1. The van der Waals surface area contributed by atoms with Crippen LogP contribution in [0.25, 0.3) is 10.9 Å². The summed E-state index contributed by atoms with van der Waals surface area (Å²) < 4.78 is 7.70. The van der Waals surface area contributed by atoms with Crippen molar-refractivity contribution in [3.8, 4) is 5.75 Å². The molecule has 136 valence electrons. The number of nitrogens with zero attached hydrogens (tertiary/aromatic N) is 1. The van der Waals surface area contributed by atoms with Gasteiger partial charge in [-0.25, -0.2) is 0 Å². The maximum absolute atomic E-state index is 12.1. The number of aliphatic hydroxyl groups is 2. The second-order valence-corrected chi connectivity index (χ2v) is 6.87. The van der Waals surface area contributed by atoms with Gasteiger partial charge in [-0.3, -0.25) is 4.79 Å².